The zero-order chi connectivity index (χ0) is 13.3. The minimum absolute atomic E-state index is 0.737. The fourth-order valence-electron chi connectivity index (χ4n) is 1.63. The number of nitrogens with zero attached hydrogens (tertiary/aromatic N) is 2. The van der Waals surface area contributed by atoms with E-state index in [9.17, 15) is 0 Å². The highest BCUT2D eigenvalue weighted by molar-refractivity contribution is 9.10. The van der Waals surface area contributed by atoms with Crippen molar-refractivity contribution in [3.05, 3.63) is 39.1 Å². The first kappa shape index (κ1) is 13.8. The molecule has 0 aliphatic carbocycles. The number of anilines is 1. The van der Waals surface area contributed by atoms with Gasteiger partial charge in [-0.15, -0.1) is 11.8 Å². The van der Waals surface area contributed by atoms with E-state index < -0.39 is 0 Å². The summed E-state index contributed by atoms with van der Waals surface area (Å²) in [5, 5.41) is 5.03. The molecule has 0 radical (unpaired) electrons. The van der Waals surface area contributed by atoms with E-state index in [-0.39, 0.29) is 0 Å². The second-order valence-electron chi connectivity index (χ2n) is 3.94. The summed E-state index contributed by atoms with van der Waals surface area (Å²) in [5.41, 5.74) is 8.60. The first-order valence-corrected chi connectivity index (χ1v) is 7.50. The zero-order valence-corrected chi connectivity index (χ0v) is 13.2. The third kappa shape index (κ3) is 2.84. The third-order valence-electron chi connectivity index (χ3n) is 2.60. The van der Waals surface area contributed by atoms with Gasteiger partial charge < -0.3 is 5.73 Å². The Balaban J connectivity index is 2.16. The van der Waals surface area contributed by atoms with Crippen LogP contribution in [0, 0.1) is 6.92 Å². The molecular formula is C12H13BrClN3S. The molecule has 0 saturated heterocycles. The van der Waals surface area contributed by atoms with Gasteiger partial charge in [-0.1, -0.05) is 27.5 Å². The van der Waals surface area contributed by atoms with Gasteiger partial charge in [-0.05, 0) is 25.1 Å². The maximum absolute atomic E-state index is 6.21. The van der Waals surface area contributed by atoms with Crippen LogP contribution in [0.1, 0.15) is 11.4 Å². The first-order chi connectivity index (χ1) is 8.49. The lowest BCUT2D eigenvalue weighted by molar-refractivity contribution is 0.727. The first-order valence-electron chi connectivity index (χ1n) is 5.35. The standard InChI is InChI=1S/C12H13BrClN3S/c1-7-12(14)10(17(2)16-7)6-18-11-4-3-8(13)5-9(11)15/h3-5H,6,15H2,1-2H3. The highest BCUT2D eigenvalue weighted by atomic mass is 79.9. The fourth-order valence-corrected chi connectivity index (χ4v) is 3.33. The molecular weight excluding hydrogens is 334 g/mol. The van der Waals surface area contributed by atoms with Gasteiger partial charge in [0.2, 0.25) is 0 Å². The Morgan fingerprint density at radius 1 is 1.50 bits per heavy atom. The Labute approximate surface area is 124 Å². The fraction of sp³-hybridized carbons (Fsp3) is 0.250. The number of aryl methyl sites for hydroxylation is 2. The van der Waals surface area contributed by atoms with Crippen molar-refractivity contribution >= 4 is 45.0 Å². The van der Waals surface area contributed by atoms with Crippen molar-refractivity contribution in [2.45, 2.75) is 17.6 Å². The van der Waals surface area contributed by atoms with Crippen molar-refractivity contribution in [3.8, 4) is 0 Å². The summed E-state index contributed by atoms with van der Waals surface area (Å²) in [4.78, 5) is 1.05. The molecule has 0 aliphatic heterocycles. The molecule has 0 atom stereocenters. The summed E-state index contributed by atoms with van der Waals surface area (Å²) >= 11 is 11.3. The van der Waals surface area contributed by atoms with Crippen molar-refractivity contribution in [2.24, 2.45) is 7.05 Å². The van der Waals surface area contributed by atoms with Crippen LogP contribution < -0.4 is 5.73 Å². The molecule has 1 aromatic heterocycles. The Morgan fingerprint density at radius 2 is 2.22 bits per heavy atom. The summed E-state index contributed by atoms with van der Waals surface area (Å²) in [6.45, 7) is 1.91. The predicted octanol–water partition coefficient (Wildman–Crippen LogP) is 4.02. The van der Waals surface area contributed by atoms with Gasteiger partial charge in [0.15, 0.2) is 0 Å². The number of aromatic nitrogens is 2. The van der Waals surface area contributed by atoms with Gasteiger partial charge in [0.05, 0.1) is 16.4 Å². The summed E-state index contributed by atoms with van der Waals surface area (Å²) in [7, 11) is 1.90. The highest BCUT2D eigenvalue weighted by Crippen LogP contribution is 2.32. The zero-order valence-electron chi connectivity index (χ0n) is 10.1. The maximum Gasteiger partial charge on any atom is 0.0855 e. The second kappa shape index (κ2) is 5.55. The number of hydrogen-bond acceptors (Lipinski definition) is 3. The molecule has 18 heavy (non-hydrogen) atoms. The van der Waals surface area contributed by atoms with Gasteiger partial charge in [-0.3, -0.25) is 4.68 Å². The van der Waals surface area contributed by atoms with E-state index in [4.69, 9.17) is 17.3 Å². The van der Waals surface area contributed by atoms with E-state index in [2.05, 4.69) is 21.0 Å². The lowest BCUT2D eigenvalue weighted by Crippen LogP contribution is -1.97. The number of benzene rings is 1. The summed E-state index contributed by atoms with van der Waals surface area (Å²) < 4.78 is 2.80. The number of thioether (sulfide) groups is 1. The number of hydrogen-bond donors (Lipinski definition) is 1. The largest absolute Gasteiger partial charge is 0.398 e. The Bertz CT molecular complexity index is 583. The van der Waals surface area contributed by atoms with Gasteiger partial charge >= 0.3 is 0 Å². The smallest absolute Gasteiger partial charge is 0.0855 e. The average molecular weight is 347 g/mol. The van der Waals surface area contributed by atoms with Gasteiger partial charge in [0.25, 0.3) is 0 Å². The van der Waals surface area contributed by atoms with Crippen LogP contribution in [0.3, 0.4) is 0 Å². The number of nitrogen functional groups attached to an aromatic ring is 1. The molecule has 0 aliphatic rings. The molecule has 0 unspecified atom stereocenters. The van der Waals surface area contributed by atoms with Crippen molar-refractivity contribution in [1.82, 2.24) is 9.78 Å². The summed E-state index contributed by atoms with van der Waals surface area (Å²) in [5.74, 6) is 0.752. The van der Waals surface area contributed by atoms with E-state index in [1.807, 2.05) is 36.9 Å². The van der Waals surface area contributed by atoms with Crippen molar-refractivity contribution in [3.63, 3.8) is 0 Å². The van der Waals surface area contributed by atoms with Gasteiger partial charge in [-0.25, -0.2) is 0 Å². The van der Waals surface area contributed by atoms with E-state index in [0.29, 0.717) is 0 Å². The lowest BCUT2D eigenvalue weighted by atomic mass is 10.3. The van der Waals surface area contributed by atoms with Crippen LogP contribution in [0.25, 0.3) is 0 Å². The van der Waals surface area contributed by atoms with Crippen LogP contribution in [-0.2, 0) is 12.8 Å². The van der Waals surface area contributed by atoms with E-state index in [1.165, 1.54) is 0 Å². The monoisotopic (exact) mass is 345 g/mol. The maximum atomic E-state index is 6.21. The van der Waals surface area contributed by atoms with Crippen molar-refractivity contribution < 1.29 is 0 Å². The second-order valence-corrected chi connectivity index (χ2v) is 6.25. The summed E-state index contributed by atoms with van der Waals surface area (Å²) in [6.07, 6.45) is 0. The van der Waals surface area contributed by atoms with E-state index >= 15 is 0 Å². The highest BCUT2D eigenvalue weighted by Gasteiger charge is 2.12. The topological polar surface area (TPSA) is 43.8 Å². The minimum Gasteiger partial charge on any atom is -0.398 e. The Morgan fingerprint density at radius 3 is 2.78 bits per heavy atom. The average Bonchev–Trinajstić information content (AvgIpc) is 2.53. The van der Waals surface area contributed by atoms with Gasteiger partial charge in [0, 0.05) is 27.9 Å². The molecule has 0 fully saturated rings. The molecule has 1 heterocycles. The molecule has 0 spiro atoms. The van der Waals surface area contributed by atoms with Crippen LogP contribution >= 0.6 is 39.3 Å². The van der Waals surface area contributed by atoms with Gasteiger partial charge in [-0.2, -0.15) is 5.10 Å². The minimum atomic E-state index is 0.737. The lowest BCUT2D eigenvalue weighted by Gasteiger charge is -2.06. The van der Waals surface area contributed by atoms with Crippen LogP contribution in [0.4, 0.5) is 5.69 Å². The molecule has 0 bridgehead atoms. The van der Waals surface area contributed by atoms with Crippen molar-refractivity contribution in [2.75, 3.05) is 5.73 Å². The Kier molecular flexibility index (Phi) is 4.25. The van der Waals surface area contributed by atoms with E-state index in [1.54, 1.807) is 11.8 Å². The molecule has 0 amide bonds. The quantitative estimate of drug-likeness (QED) is 0.674. The van der Waals surface area contributed by atoms with Crippen LogP contribution in [0.5, 0.6) is 0 Å². The molecule has 2 N–H and O–H groups in total. The molecule has 6 heteroatoms. The molecule has 0 saturated carbocycles. The SMILES string of the molecule is Cc1nn(C)c(CSc2ccc(Br)cc2N)c1Cl. The van der Waals surface area contributed by atoms with Crippen LogP contribution in [0.15, 0.2) is 27.6 Å². The number of rotatable bonds is 3. The summed E-state index contributed by atoms with van der Waals surface area (Å²) in [6, 6.07) is 5.88. The molecule has 96 valence electrons. The third-order valence-corrected chi connectivity index (χ3v) is 4.68. The molecule has 2 rings (SSSR count). The van der Waals surface area contributed by atoms with Crippen LogP contribution in [-0.4, -0.2) is 9.78 Å². The number of nitrogens with two attached hydrogens (primary N) is 1. The Hall–Kier alpha value is -0.650. The normalized spacial score (nSPS) is 10.9. The van der Waals surface area contributed by atoms with Crippen LogP contribution in [0.2, 0.25) is 5.02 Å². The van der Waals surface area contributed by atoms with Gasteiger partial charge in [0.1, 0.15) is 0 Å². The number of halogens is 2. The van der Waals surface area contributed by atoms with E-state index in [0.717, 1.165) is 37.2 Å². The molecule has 1 aromatic carbocycles. The molecule has 2 aromatic rings. The molecule has 3 nitrogen and oxygen atoms in total. The predicted molar refractivity (Wildman–Crippen MR) is 81.1 cm³/mol. The van der Waals surface area contributed by atoms with Crippen molar-refractivity contribution in [1.29, 1.82) is 0 Å².